The molecule has 146 valence electrons. The topological polar surface area (TPSA) is 69.0 Å². The third-order valence-corrected chi connectivity index (χ3v) is 5.21. The first-order chi connectivity index (χ1) is 13.4. The molecule has 0 fully saturated rings. The molecular formula is C18H15Cl2FN4O2S. The molecule has 0 saturated carbocycles. The van der Waals surface area contributed by atoms with Gasteiger partial charge in [0.2, 0.25) is 5.91 Å². The molecule has 0 saturated heterocycles. The quantitative estimate of drug-likeness (QED) is 0.544. The van der Waals surface area contributed by atoms with Crippen molar-refractivity contribution in [3.63, 3.8) is 0 Å². The van der Waals surface area contributed by atoms with Crippen LogP contribution in [0.2, 0.25) is 10.0 Å². The summed E-state index contributed by atoms with van der Waals surface area (Å²) in [5.74, 6) is 0.465. The molecule has 6 nitrogen and oxygen atoms in total. The smallest absolute Gasteiger partial charge is 0.234 e. The molecule has 1 aromatic heterocycles. The van der Waals surface area contributed by atoms with Crippen molar-refractivity contribution < 1.29 is 13.9 Å². The van der Waals surface area contributed by atoms with Gasteiger partial charge in [0.05, 0.1) is 10.8 Å². The van der Waals surface area contributed by atoms with Gasteiger partial charge >= 0.3 is 0 Å². The zero-order valence-corrected chi connectivity index (χ0v) is 17.0. The van der Waals surface area contributed by atoms with Crippen LogP contribution in [0.25, 0.3) is 0 Å². The van der Waals surface area contributed by atoms with Crippen molar-refractivity contribution in [1.29, 1.82) is 0 Å². The second kappa shape index (κ2) is 9.27. The summed E-state index contributed by atoms with van der Waals surface area (Å²) in [5.41, 5.74) is 0.667. The lowest BCUT2D eigenvalue weighted by Crippen LogP contribution is -2.14. The van der Waals surface area contributed by atoms with E-state index in [2.05, 4.69) is 15.5 Å². The third-order valence-electron chi connectivity index (χ3n) is 3.64. The largest absolute Gasteiger partial charge is 0.486 e. The minimum absolute atomic E-state index is 0.0154. The van der Waals surface area contributed by atoms with Gasteiger partial charge in [-0.3, -0.25) is 4.79 Å². The molecule has 2 aromatic carbocycles. The molecule has 1 amide bonds. The summed E-state index contributed by atoms with van der Waals surface area (Å²) in [6.45, 7) is 0.128. The molecule has 0 aliphatic carbocycles. The van der Waals surface area contributed by atoms with Gasteiger partial charge in [-0.1, -0.05) is 35.0 Å². The molecule has 1 heterocycles. The van der Waals surface area contributed by atoms with Crippen molar-refractivity contribution in [2.75, 3.05) is 11.1 Å². The van der Waals surface area contributed by atoms with Gasteiger partial charge in [-0.05, 0) is 36.4 Å². The first-order valence-corrected chi connectivity index (χ1v) is 9.81. The number of carbonyl (C=O) groups excluding carboxylic acids is 1. The van der Waals surface area contributed by atoms with Gasteiger partial charge in [0, 0.05) is 23.8 Å². The van der Waals surface area contributed by atoms with E-state index in [4.69, 9.17) is 27.9 Å². The number of nitrogens with one attached hydrogen (secondary N) is 1. The summed E-state index contributed by atoms with van der Waals surface area (Å²) in [5, 5.41) is 12.1. The van der Waals surface area contributed by atoms with Gasteiger partial charge in [-0.15, -0.1) is 10.2 Å². The summed E-state index contributed by atoms with van der Waals surface area (Å²) in [4.78, 5) is 12.1. The summed E-state index contributed by atoms with van der Waals surface area (Å²) < 4.78 is 20.5. The second-order valence-electron chi connectivity index (χ2n) is 5.67. The number of benzene rings is 2. The number of ether oxygens (including phenoxy) is 1. The van der Waals surface area contributed by atoms with Crippen molar-refractivity contribution in [2.24, 2.45) is 7.05 Å². The van der Waals surface area contributed by atoms with E-state index in [0.29, 0.717) is 27.4 Å². The van der Waals surface area contributed by atoms with Crippen LogP contribution >= 0.6 is 35.0 Å². The average Bonchev–Trinajstić information content (AvgIpc) is 3.03. The molecule has 0 spiro atoms. The van der Waals surface area contributed by atoms with E-state index >= 15 is 0 Å². The van der Waals surface area contributed by atoms with Crippen LogP contribution in [0, 0.1) is 5.82 Å². The Hall–Kier alpha value is -2.29. The van der Waals surface area contributed by atoms with E-state index < -0.39 is 5.82 Å². The first-order valence-electron chi connectivity index (χ1n) is 8.06. The van der Waals surface area contributed by atoms with Crippen molar-refractivity contribution in [3.8, 4) is 5.75 Å². The molecule has 0 radical (unpaired) electrons. The molecule has 0 aliphatic heterocycles. The van der Waals surface area contributed by atoms with Crippen molar-refractivity contribution in [2.45, 2.75) is 11.8 Å². The van der Waals surface area contributed by atoms with Crippen molar-refractivity contribution in [3.05, 3.63) is 64.2 Å². The Morgan fingerprint density at radius 1 is 1.21 bits per heavy atom. The average molecular weight is 441 g/mol. The first kappa shape index (κ1) is 20.4. The SMILES string of the molecule is Cn1c(COc2ccc(F)c(Cl)c2)nnc1SCC(=O)Nc1ccc(Cl)cc1. The summed E-state index contributed by atoms with van der Waals surface area (Å²) in [6.07, 6.45) is 0. The number of amides is 1. The fourth-order valence-corrected chi connectivity index (χ4v) is 3.20. The van der Waals surface area contributed by atoms with Crippen LogP contribution in [0.3, 0.4) is 0 Å². The minimum Gasteiger partial charge on any atom is -0.486 e. The molecular weight excluding hydrogens is 426 g/mol. The van der Waals surface area contributed by atoms with Crippen LogP contribution in [-0.2, 0) is 18.4 Å². The van der Waals surface area contributed by atoms with E-state index in [1.807, 2.05) is 0 Å². The fourth-order valence-electron chi connectivity index (χ4n) is 2.17. The Labute approximate surface area is 175 Å². The minimum atomic E-state index is -0.511. The van der Waals surface area contributed by atoms with Gasteiger partial charge in [0.1, 0.15) is 18.2 Å². The fraction of sp³-hybridized carbons (Fsp3) is 0.167. The summed E-state index contributed by atoms with van der Waals surface area (Å²) >= 11 is 12.8. The zero-order chi connectivity index (χ0) is 20.1. The molecule has 0 unspecified atom stereocenters. The molecule has 28 heavy (non-hydrogen) atoms. The van der Waals surface area contributed by atoms with Gasteiger partial charge in [0.15, 0.2) is 11.0 Å². The highest BCUT2D eigenvalue weighted by Crippen LogP contribution is 2.22. The number of hydrogen-bond donors (Lipinski definition) is 1. The van der Waals surface area contributed by atoms with Crippen LogP contribution in [0.4, 0.5) is 10.1 Å². The van der Waals surface area contributed by atoms with E-state index in [9.17, 15) is 9.18 Å². The van der Waals surface area contributed by atoms with Crippen LogP contribution < -0.4 is 10.1 Å². The normalized spacial score (nSPS) is 10.7. The number of nitrogens with zero attached hydrogens (tertiary/aromatic N) is 3. The summed E-state index contributed by atoms with van der Waals surface area (Å²) in [6, 6.07) is 11.0. The monoisotopic (exact) mass is 440 g/mol. The van der Waals surface area contributed by atoms with Gasteiger partial charge in [-0.25, -0.2) is 4.39 Å². The lowest BCUT2D eigenvalue weighted by Gasteiger charge is -2.07. The van der Waals surface area contributed by atoms with E-state index in [1.165, 1.54) is 30.0 Å². The van der Waals surface area contributed by atoms with Crippen LogP contribution in [0.5, 0.6) is 5.75 Å². The lowest BCUT2D eigenvalue weighted by molar-refractivity contribution is -0.113. The number of hydrogen-bond acceptors (Lipinski definition) is 5. The van der Waals surface area contributed by atoms with Crippen LogP contribution in [-0.4, -0.2) is 26.4 Å². The number of carbonyl (C=O) groups is 1. The molecule has 1 N–H and O–H groups in total. The predicted molar refractivity (Wildman–Crippen MR) is 108 cm³/mol. The molecule has 0 aliphatic rings. The van der Waals surface area contributed by atoms with Crippen LogP contribution in [0.15, 0.2) is 47.6 Å². The van der Waals surface area contributed by atoms with E-state index in [-0.39, 0.29) is 23.3 Å². The Kier molecular flexibility index (Phi) is 6.77. The zero-order valence-electron chi connectivity index (χ0n) is 14.7. The van der Waals surface area contributed by atoms with E-state index in [0.717, 1.165) is 0 Å². The number of anilines is 1. The number of aromatic nitrogens is 3. The van der Waals surface area contributed by atoms with Gasteiger partial charge in [-0.2, -0.15) is 0 Å². The Morgan fingerprint density at radius 3 is 2.68 bits per heavy atom. The number of halogens is 3. The number of thioether (sulfide) groups is 1. The highest BCUT2D eigenvalue weighted by molar-refractivity contribution is 7.99. The molecule has 0 atom stereocenters. The maximum Gasteiger partial charge on any atom is 0.234 e. The molecule has 10 heteroatoms. The second-order valence-corrected chi connectivity index (χ2v) is 7.45. The van der Waals surface area contributed by atoms with E-state index in [1.54, 1.807) is 35.9 Å². The standard InChI is InChI=1S/C18H15Cl2FN4O2S/c1-25-16(9-27-13-6-7-15(21)14(20)8-13)23-24-18(25)28-10-17(26)22-12-4-2-11(19)3-5-12/h2-8H,9-10H2,1H3,(H,22,26). The third kappa shape index (κ3) is 5.37. The van der Waals surface area contributed by atoms with Gasteiger partial charge in [0.25, 0.3) is 0 Å². The molecule has 3 aromatic rings. The maximum absolute atomic E-state index is 13.2. The van der Waals surface area contributed by atoms with Crippen LogP contribution in [0.1, 0.15) is 5.82 Å². The Balaban J connectivity index is 1.53. The highest BCUT2D eigenvalue weighted by Gasteiger charge is 2.12. The molecule has 3 rings (SSSR count). The van der Waals surface area contributed by atoms with Crippen molar-refractivity contribution in [1.82, 2.24) is 14.8 Å². The number of rotatable bonds is 7. The lowest BCUT2D eigenvalue weighted by atomic mass is 10.3. The molecule has 0 bridgehead atoms. The predicted octanol–water partition coefficient (Wildman–Crippen LogP) is 4.57. The van der Waals surface area contributed by atoms with Crippen molar-refractivity contribution >= 4 is 46.6 Å². The Bertz CT molecular complexity index is 982. The summed E-state index contributed by atoms with van der Waals surface area (Å²) in [7, 11) is 1.77. The maximum atomic E-state index is 13.2. The Morgan fingerprint density at radius 2 is 1.96 bits per heavy atom. The van der Waals surface area contributed by atoms with Gasteiger partial charge < -0.3 is 14.6 Å². The highest BCUT2D eigenvalue weighted by atomic mass is 35.5.